The molecule has 3 aliphatic heterocycles. The van der Waals surface area contributed by atoms with Gasteiger partial charge < -0.3 is 10.1 Å². The van der Waals surface area contributed by atoms with E-state index >= 15 is 0 Å². The van der Waals surface area contributed by atoms with Crippen molar-refractivity contribution in [1.29, 1.82) is 0 Å². The molecule has 0 aliphatic carbocycles. The second-order valence-electron chi connectivity index (χ2n) is 8.00. The van der Waals surface area contributed by atoms with Crippen molar-refractivity contribution >= 4 is 17.2 Å². The van der Waals surface area contributed by atoms with Crippen molar-refractivity contribution in [3.8, 4) is 0 Å². The number of carbonyl (C=O) groups is 1. The van der Waals surface area contributed by atoms with Crippen LogP contribution >= 0.6 is 11.3 Å². The third kappa shape index (κ3) is 3.10. The smallest absolute Gasteiger partial charge is 0.251 e. The van der Waals surface area contributed by atoms with E-state index in [2.05, 4.69) is 27.7 Å². The van der Waals surface area contributed by atoms with Crippen LogP contribution in [0.25, 0.3) is 0 Å². The monoisotopic (exact) mass is 386 g/mol. The Morgan fingerprint density at radius 3 is 2.96 bits per heavy atom. The van der Waals surface area contributed by atoms with E-state index in [1.54, 1.807) is 11.3 Å². The molecular weight excluding hydrogens is 363 g/mol. The molecule has 5 rings (SSSR count). The van der Waals surface area contributed by atoms with Gasteiger partial charge in [0.25, 0.3) is 5.91 Å². The maximum Gasteiger partial charge on any atom is 0.251 e. The highest BCUT2D eigenvalue weighted by molar-refractivity contribution is 7.09. The average Bonchev–Trinajstić information content (AvgIpc) is 3.42. The minimum absolute atomic E-state index is 0.0206. The highest BCUT2D eigenvalue weighted by atomic mass is 32.1. The molecule has 4 heterocycles. The van der Waals surface area contributed by atoms with Gasteiger partial charge >= 0.3 is 0 Å². The summed E-state index contributed by atoms with van der Waals surface area (Å²) in [4.78, 5) is 16.3. The topological polar surface area (TPSA) is 41.6 Å². The predicted molar refractivity (Wildman–Crippen MR) is 102 cm³/mol. The first kappa shape index (κ1) is 17.3. The Bertz CT molecular complexity index is 825. The Morgan fingerprint density at radius 2 is 2.19 bits per heavy atom. The third-order valence-electron chi connectivity index (χ3n) is 6.42. The number of amides is 1. The summed E-state index contributed by atoms with van der Waals surface area (Å²) in [5.74, 6) is 0.369. The second-order valence-corrected chi connectivity index (χ2v) is 9.03. The standard InChI is InChI=1S/C21H23FN2O2S/c22-15-5-3-14(4-6-15)20(25)23-10-17-18-12-24(11-16-2-1-9-27-16)13-21(18)8-7-19(17)26-21/h1-6,9,17-19H,7-8,10-13H2,(H,23,25)/t17-,18+,19+,21+/m0/s1. The van der Waals surface area contributed by atoms with Gasteiger partial charge in [-0.05, 0) is 48.6 Å². The average molecular weight is 386 g/mol. The molecule has 4 atom stereocenters. The van der Waals surface area contributed by atoms with Gasteiger partial charge in [-0.3, -0.25) is 9.69 Å². The van der Waals surface area contributed by atoms with Crippen molar-refractivity contribution in [3.63, 3.8) is 0 Å². The largest absolute Gasteiger partial charge is 0.370 e. The highest BCUT2D eigenvalue weighted by Crippen LogP contribution is 2.54. The molecule has 27 heavy (non-hydrogen) atoms. The molecule has 3 aliphatic rings. The van der Waals surface area contributed by atoms with E-state index in [0.29, 0.717) is 23.9 Å². The van der Waals surface area contributed by atoms with Crippen LogP contribution in [-0.2, 0) is 11.3 Å². The van der Waals surface area contributed by atoms with Gasteiger partial charge in [-0.1, -0.05) is 6.07 Å². The Labute approximate surface area is 162 Å². The number of rotatable bonds is 5. The molecule has 142 valence electrons. The van der Waals surface area contributed by atoms with Gasteiger partial charge in [0.15, 0.2) is 0 Å². The number of hydrogen-bond acceptors (Lipinski definition) is 4. The molecule has 1 aromatic heterocycles. The van der Waals surface area contributed by atoms with Crippen LogP contribution in [0.3, 0.4) is 0 Å². The molecule has 6 heteroatoms. The van der Waals surface area contributed by atoms with E-state index in [1.807, 2.05) is 0 Å². The van der Waals surface area contributed by atoms with Crippen LogP contribution in [0.15, 0.2) is 41.8 Å². The molecule has 2 bridgehead atoms. The van der Waals surface area contributed by atoms with Gasteiger partial charge in [0.1, 0.15) is 5.82 Å². The number of nitrogens with zero attached hydrogens (tertiary/aromatic N) is 1. The molecule has 1 N–H and O–H groups in total. The molecule has 2 aromatic rings. The van der Waals surface area contributed by atoms with Crippen LogP contribution in [0.4, 0.5) is 4.39 Å². The van der Waals surface area contributed by atoms with Crippen molar-refractivity contribution in [2.75, 3.05) is 19.6 Å². The Kier molecular flexibility index (Phi) is 4.30. The first-order valence-corrected chi connectivity index (χ1v) is 10.5. The zero-order valence-corrected chi connectivity index (χ0v) is 15.9. The van der Waals surface area contributed by atoms with Crippen LogP contribution < -0.4 is 5.32 Å². The first-order valence-electron chi connectivity index (χ1n) is 9.59. The maximum atomic E-state index is 13.0. The normalized spacial score (nSPS) is 32.0. The first-order chi connectivity index (χ1) is 13.1. The summed E-state index contributed by atoms with van der Waals surface area (Å²) < 4.78 is 19.5. The van der Waals surface area contributed by atoms with Gasteiger partial charge in [-0.2, -0.15) is 0 Å². The number of thiophene rings is 1. The fraction of sp³-hybridized carbons (Fsp3) is 0.476. The molecule has 1 amide bonds. The number of benzene rings is 1. The molecule has 4 nitrogen and oxygen atoms in total. The Hall–Kier alpha value is -1.76. The van der Waals surface area contributed by atoms with Crippen molar-refractivity contribution in [3.05, 3.63) is 58.0 Å². The van der Waals surface area contributed by atoms with Crippen molar-refractivity contribution in [2.24, 2.45) is 11.8 Å². The number of hydrogen-bond donors (Lipinski definition) is 1. The number of fused-ring (bicyclic) bond motifs is 1. The molecule has 1 aromatic carbocycles. The summed E-state index contributed by atoms with van der Waals surface area (Å²) in [5, 5.41) is 5.18. The van der Waals surface area contributed by atoms with Crippen molar-refractivity contribution < 1.29 is 13.9 Å². The molecular formula is C21H23FN2O2S. The second kappa shape index (κ2) is 6.69. The lowest BCUT2D eigenvalue weighted by atomic mass is 9.73. The summed E-state index contributed by atoms with van der Waals surface area (Å²) in [6.07, 6.45) is 2.47. The summed E-state index contributed by atoms with van der Waals surface area (Å²) in [6.45, 7) is 3.64. The Morgan fingerprint density at radius 1 is 1.33 bits per heavy atom. The number of ether oxygens (including phenoxy) is 1. The minimum atomic E-state index is -0.327. The van der Waals surface area contributed by atoms with Gasteiger partial charge in [-0.25, -0.2) is 4.39 Å². The SMILES string of the molecule is O=C(NC[C@H]1[C@H]2CN(Cc3cccs3)C[C@]23CC[C@H]1O3)c1ccc(F)cc1. The lowest BCUT2D eigenvalue weighted by Crippen LogP contribution is -2.41. The van der Waals surface area contributed by atoms with Gasteiger partial charge in [0.2, 0.25) is 0 Å². The zero-order valence-electron chi connectivity index (χ0n) is 15.1. The van der Waals surface area contributed by atoms with Crippen LogP contribution in [0.5, 0.6) is 0 Å². The lowest BCUT2D eigenvalue weighted by molar-refractivity contribution is 0.00219. The highest BCUT2D eigenvalue weighted by Gasteiger charge is 2.62. The summed E-state index contributed by atoms with van der Waals surface area (Å²) in [5.41, 5.74) is 0.480. The predicted octanol–water partition coefficient (Wildman–Crippen LogP) is 3.30. The van der Waals surface area contributed by atoms with E-state index in [1.165, 1.54) is 29.1 Å². The van der Waals surface area contributed by atoms with Gasteiger partial charge in [0.05, 0.1) is 11.7 Å². The molecule has 3 saturated heterocycles. The maximum absolute atomic E-state index is 13.0. The van der Waals surface area contributed by atoms with Crippen molar-refractivity contribution in [2.45, 2.75) is 31.1 Å². The lowest BCUT2D eigenvalue weighted by Gasteiger charge is -2.29. The number of halogens is 1. The summed E-state index contributed by atoms with van der Waals surface area (Å²) >= 11 is 1.80. The quantitative estimate of drug-likeness (QED) is 0.857. The zero-order chi connectivity index (χ0) is 18.4. The van der Waals surface area contributed by atoms with Gasteiger partial charge in [0, 0.05) is 48.5 Å². The van der Waals surface area contributed by atoms with Crippen LogP contribution in [0, 0.1) is 17.7 Å². The number of carbonyl (C=O) groups excluding carboxylic acids is 1. The van der Waals surface area contributed by atoms with Crippen LogP contribution in [0.2, 0.25) is 0 Å². The van der Waals surface area contributed by atoms with Crippen molar-refractivity contribution in [1.82, 2.24) is 10.2 Å². The molecule has 0 unspecified atom stereocenters. The number of likely N-dealkylation sites (tertiary alicyclic amines) is 1. The molecule has 0 radical (unpaired) electrons. The van der Waals surface area contributed by atoms with E-state index < -0.39 is 0 Å². The minimum Gasteiger partial charge on any atom is -0.370 e. The van der Waals surface area contributed by atoms with E-state index in [4.69, 9.17) is 4.74 Å². The van der Waals surface area contributed by atoms with Crippen LogP contribution in [0.1, 0.15) is 28.1 Å². The van der Waals surface area contributed by atoms with E-state index in [-0.39, 0.29) is 23.4 Å². The fourth-order valence-electron chi connectivity index (χ4n) is 5.22. The fourth-order valence-corrected chi connectivity index (χ4v) is 5.96. The van der Waals surface area contributed by atoms with E-state index in [0.717, 1.165) is 32.5 Å². The summed E-state index contributed by atoms with van der Waals surface area (Å²) in [6, 6.07) is 10.00. The number of nitrogens with one attached hydrogen (secondary N) is 1. The molecule has 1 spiro atoms. The summed E-state index contributed by atoms with van der Waals surface area (Å²) in [7, 11) is 0. The van der Waals surface area contributed by atoms with E-state index in [9.17, 15) is 9.18 Å². The van der Waals surface area contributed by atoms with Crippen LogP contribution in [-0.4, -0.2) is 42.1 Å². The third-order valence-corrected chi connectivity index (χ3v) is 7.28. The van der Waals surface area contributed by atoms with Gasteiger partial charge in [-0.15, -0.1) is 11.3 Å². The Balaban J connectivity index is 1.24. The molecule has 0 saturated carbocycles. The molecule has 3 fully saturated rings.